The van der Waals surface area contributed by atoms with Crippen molar-refractivity contribution >= 4 is 37.1 Å². The van der Waals surface area contributed by atoms with Gasteiger partial charge in [0.05, 0.1) is 0 Å². The van der Waals surface area contributed by atoms with Crippen LogP contribution in [0.5, 0.6) is 0 Å². The Balaban J connectivity index is 3.36. The van der Waals surface area contributed by atoms with Crippen LogP contribution in [0.1, 0.15) is 0 Å². The molecular weight excluding hydrogens is 236 g/mol. The summed E-state index contributed by atoms with van der Waals surface area (Å²) in [6.07, 6.45) is 0. The fraction of sp³-hybridized carbons (Fsp3) is 0.750. The molecule has 0 bridgehead atoms. The molecule has 0 unspecified atom stereocenters. The van der Waals surface area contributed by atoms with Crippen molar-refractivity contribution in [2.24, 2.45) is 0 Å². The Hall–Kier alpha value is -0.400. The number of thiol groups is 2. The van der Waals surface area contributed by atoms with Gasteiger partial charge in [0.15, 0.2) is 0 Å². The van der Waals surface area contributed by atoms with E-state index in [0.717, 1.165) is 0 Å². The van der Waals surface area contributed by atoms with Crippen LogP contribution in [0.3, 0.4) is 0 Å². The molecule has 0 radical (unpaired) electrons. The van der Waals surface area contributed by atoms with Crippen molar-refractivity contribution in [2.45, 2.75) is 0 Å². The minimum absolute atomic E-state index is 0.109. The summed E-state index contributed by atoms with van der Waals surface area (Å²) in [4.78, 5) is 22.0. The molecule has 0 aliphatic carbocycles. The summed E-state index contributed by atoms with van der Waals surface area (Å²) in [5, 5.41) is 5.13. The Kier molecular flexibility index (Phi) is 9.86. The van der Waals surface area contributed by atoms with Gasteiger partial charge >= 0.3 is 0 Å². The Morgan fingerprint density at radius 1 is 0.933 bits per heavy atom. The van der Waals surface area contributed by atoms with Gasteiger partial charge in [0.2, 0.25) is 11.8 Å². The minimum atomic E-state index is -0.244. The number of rotatable bonds is 8. The molecule has 5 nitrogen and oxygen atoms in total. The minimum Gasteiger partial charge on any atom is -0.362 e. The van der Waals surface area contributed by atoms with Crippen LogP contribution in [0.15, 0.2) is 0 Å². The van der Waals surface area contributed by atoms with Crippen molar-refractivity contribution in [3.05, 3.63) is 0 Å². The molecule has 0 aliphatic heterocycles. The number of hydrogen-bond acceptors (Lipinski definition) is 5. The summed E-state index contributed by atoms with van der Waals surface area (Å²) >= 11 is 7.86. The van der Waals surface area contributed by atoms with Gasteiger partial charge in [-0.2, -0.15) is 25.3 Å². The summed E-state index contributed by atoms with van der Waals surface area (Å²) in [6.45, 7) is 0.776. The van der Waals surface area contributed by atoms with Gasteiger partial charge in [-0.15, -0.1) is 0 Å². The van der Waals surface area contributed by atoms with E-state index in [9.17, 15) is 9.59 Å². The highest BCUT2D eigenvalue weighted by atomic mass is 32.1. The molecule has 0 saturated carbocycles. The zero-order valence-corrected chi connectivity index (χ0v) is 10.2. The molecular formula is C8H16N2O3S2. The lowest BCUT2D eigenvalue weighted by Gasteiger charge is -2.05. The molecule has 0 aromatic heterocycles. The van der Waals surface area contributed by atoms with E-state index in [2.05, 4.69) is 35.9 Å². The molecule has 15 heavy (non-hydrogen) atoms. The Bertz CT molecular complexity index is 182. The molecule has 2 N–H and O–H groups in total. The van der Waals surface area contributed by atoms with Crippen LogP contribution in [0, 0.1) is 0 Å². The summed E-state index contributed by atoms with van der Waals surface area (Å²) in [5.41, 5.74) is 0. The van der Waals surface area contributed by atoms with E-state index in [1.807, 2.05) is 0 Å². The van der Waals surface area contributed by atoms with Gasteiger partial charge in [-0.1, -0.05) is 0 Å². The Morgan fingerprint density at radius 2 is 1.33 bits per heavy atom. The molecule has 0 heterocycles. The topological polar surface area (TPSA) is 67.4 Å². The first-order chi connectivity index (χ1) is 7.20. The maximum absolute atomic E-state index is 11.0. The van der Waals surface area contributed by atoms with Crippen LogP contribution in [0.4, 0.5) is 0 Å². The summed E-state index contributed by atoms with van der Waals surface area (Å²) in [6, 6.07) is 0. The van der Waals surface area contributed by atoms with Crippen LogP contribution in [-0.2, 0) is 14.3 Å². The monoisotopic (exact) mass is 252 g/mol. The SMILES string of the molecule is O=C(COCC(=O)NCCS)NCCS. The fourth-order valence-corrected chi connectivity index (χ4v) is 0.953. The molecule has 0 aromatic rings. The summed E-state index contributed by atoms with van der Waals surface area (Å²) in [5.74, 6) is 0.666. The number of hydrogen-bond donors (Lipinski definition) is 4. The third-order valence-corrected chi connectivity index (χ3v) is 1.78. The number of ether oxygens (including phenoxy) is 1. The second kappa shape index (κ2) is 10.1. The highest BCUT2D eigenvalue weighted by Gasteiger charge is 2.03. The molecule has 0 fully saturated rings. The van der Waals surface area contributed by atoms with Crippen molar-refractivity contribution in [2.75, 3.05) is 37.8 Å². The van der Waals surface area contributed by atoms with Crippen LogP contribution in [-0.4, -0.2) is 49.6 Å². The first kappa shape index (κ1) is 14.6. The van der Waals surface area contributed by atoms with E-state index in [-0.39, 0.29) is 25.0 Å². The van der Waals surface area contributed by atoms with Crippen LogP contribution < -0.4 is 10.6 Å². The molecule has 0 atom stereocenters. The lowest BCUT2D eigenvalue weighted by Crippen LogP contribution is -2.33. The average molecular weight is 252 g/mol. The number of amides is 2. The smallest absolute Gasteiger partial charge is 0.246 e. The zero-order chi connectivity index (χ0) is 11.5. The number of carbonyl (C=O) groups is 2. The Labute approximate surface area is 100 Å². The lowest BCUT2D eigenvalue weighted by molar-refractivity contribution is -0.130. The van der Waals surface area contributed by atoms with E-state index < -0.39 is 0 Å². The third-order valence-electron chi connectivity index (χ3n) is 1.33. The first-order valence-corrected chi connectivity index (χ1v) is 5.80. The molecule has 88 valence electrons. The maximum Gasteiger partial charge on any atom is 0.246 e. The zero-order valence-electron chi connectivity index (χ0n) is 8.36. The van der Waals surface area contributed by atoms with E-state index in [1.54, 1.807) is 0 Å². The van der Waals surface area contributed by atoms with Gasteiger partial charge < -0.3 is 15.4 Å². The highest BCUT2D eigenvalue weighted by molar-refractivity contribution is 7.80. The second-order valence-corrected chi connectivity index (χ2v) is 3.53. The standard InChI is InChI=1S/C8H16N2O3S2/c11-7(9-1-3-14)5-13-6-8(12)10-2-4-15/h14-15H,1-6H2,(H,9,11)(H,10,12). The normalized spacial score (nSPS) is 9.73. The highest BCUT2D eigenvalue weighted by Crippen LogP contribution is 1.78. The van der Waals surface area contributed by atoms with Crippen molar-refractivity contribution in [1.82, 2.24) is 10.6 Å². The van der Waals surface area contributed by atoms with E-state index >= 15 is 0 Å². The average Bonchev–Trinajstić information content (AvgIpc) is 2.23. The maximum atomic E-state index is 11.0. The summed E-state index contributed by atoms with van der Waals surface area (Å²) in [7, 11) is 0. The van der Waals surface area contributed by atoms with Crippen LogP contribution in [0.2, 0.25) is 0 Å². The fourth-order valence-electron chi connectivity index (χ4n) is 0.729. The summed E-state index contributed by atoms with van der Waals surface area (Å²) < 4.78 is 4.88. The predicted octanol–water partition coefficient (Wildman–Crippen LogP) is -0.905. The quantitative estimate of drug-likeness (QED) is 0.423. The molecule has 0 aromatic carbocycles. The number of carbonyl (C=O) groups excluding carboxylic acids is 2. The predicted molar refractivity (Wildman–Crippen MR) is 64.5 cm³/mol. The van der Waals surface area contributed by atoms with Crippen molar-refractivity contribution in [1.29, 1.82) is 0 Å². The second-order valence-electron chi connectivity index (χ2n) is 2.64. The molecule has 2 amide bonds. The van der Waals surface area contributed by atoms with Crippen molar-refractivity contribution in [3.8, 4) is 0 Å². The van der Waals surface area contributed by atoms with E-state index in [0.29, 0.717) is 24.6 Å². The lowest BCUT2D eigenvalue weighted by atomic mass is 10.5. The molecule has 7 heteroatoms. The molecule has 0 rings (SSSR count). The van der Waals surface area contributed by atoms with Crippen LogP contribution in [0.25, 0.3) is 0 Å². The van der Waals surface area contributed by atoms with Gasteiger partial charge in [0, 0.05) is 24.6 Å². The van der Waals surface area contributed by atoms with E-state index in [4.69, 9.17) is 4.74 Å². The third kappa shape index (κ3) is 9.89. The molecule has 0 spiro atoms. The largest absolute Gasteiger partial charge is 0.362 e. The van der Waals surface area contributed by atoms with Gasteiger partial charge in [-0.3, -0.25) is 9.59 Å². The number of nitrogens with one attached hydrogen (secondary N) is 2. The van der Waals surface area contributed by atoms with Gasteiger partial charge in [-0.05, 0) is 0 Å². The Morgan fingerprint density at radius 3 is 1.67 bits per heavy atom. The van der Waals surface area contributed by atoms with Crippen LogP contribution >= 0.6 is 25.3 Å². The van der Waals surface area contributed by atoms with Gasteiger partial charge in [-0.25, -0.2) is 0 Å². The molecule has 0 aliphatic rings. The first-order valence-electron chi connectivity index (χ1n) is 4.53. The van der Waals surface area contributed by atoms with Crippen molar-refractivity contribution < 1.29 is 14.3 Å². The van der Waals surface area contributed by atoms with E-state index in [1.165, 1.54) is 0 Å². The van der Waals surface area contributed by atoms with Gasteiger partial charge in [0.25, 0.3) is 0 Å². The van der Waals surface area contributed by atoms with Gasteiger partial charge in [0.1, 0.15) is 13.2 Å². The molecule has 0 saturated heterocycles. The van der Waals surface area contributed by atoms with Crippen molar-refractivity contribution in [3.63, 3.8) is 0 Å².